The Morgan fingerprint density at radius 2 is 2.31 bits per heavy atom. The van der Waals surface area contributed by atoms with E-state index < -0.39 is 0 Å². The van der Waals surface area contributed by atoms with Gasteiger partial charge in [-0.15, -0.1) is 0 Å². The van der Waals surface area contributed by atoms with Gasteiger partial charge in [-0.25, -0.2) is 0 Å². The predicted octanol–water partition coefficient (Wildman–Crippen LogP) is 0.723. The molecule has 1 heterocycles. The molecule has 2 rings (SSSR count). The Hall–Kier alpha value is -1.88. The van der Waals surface area contributed by atoms with Crippen molar-refractivity contribution in [3.63, 3.8) is 0 Å². The summed E-state index contributed by atoms with van der Waals surface area (Å²) >= 11 is 0. The Labute approximate surface area is 92.8 Å². The molecule has 0 unspecified atom stereocenters. The number of aromatic nitrogens is 2. The Kier molecular flexibility index (Phi) is 2.62. The van der Waals surface area contributed by atoms with Crippen LogP contribution in [-0.4, -0.2) is 29.2 Å². The minimum Gasteiger partial charge on any atom is -0.497 e. The molecule has 0 aliphatic rings. The number of aryl methyl sites for hydroxylation is 1. The molecule has 5 nitrogen and oxygen atoms in total. The first-order valence-corrected chi connectivity index (χ1v) is 4.91. The first kappa shape index (κ1) is 10.6. The van der Waals surface area contributed by atoms with Crippen LogP contribution in [-0.2, 0) is 7.05 Å². The molecule has 0 amide bonds. The fourth-order valence-electron chi connectivity index (χ4n) is 1.67. The molecule has 0 fully saturated rings. The number of ether oxygens (including phenoxy) is 1. The number of carbonyl (C=O) groups is 1. The maximum absolute atomic E-state index is 11.6. The van der Waals surface area contributed by atoms with Gasteiger partial charge in [0.05, 0.1) is 19.2 Å². The van der Waals surface area contributed by atoms with Crippen molar-refractivity contribution in [3.8, 4) is 5.75 Å². The average Bonchev–Trinajstić information content (AvgIpc) is 2.65. The molecular weight excluding hydrogens is 206 g/mol. The molecule has 0 spiro atoms. The lowest BCUT2D eigenvalue weighted by Gasteiger charge is -1.99. The van der Waals surface area contributed by atoms with Crippen LogP contribution in [0.2, 0.25) is 0 Å². The zero-order chi connectivity index (χ0) is 11.7. The summed E-state index contributed by atoms with van der Waals surface area (Å²) in [4.78, 5) is 11.6. The van der Waals surface area contributed by atoms with Gasteiger partial charge in [0.2, 0.25) is 0 Å². The van der Waals surface area contributed by atoms with Crippen LogP contribution in [0.25, 0.3) is 10.9 Å². The Bertz CT molecular complexity index is 545. The quantitative estimate of drug-likeness (QED) is 0.772. The SMILES string of the molecule is COc1ccc2c(c1)c(C(=O)CN)nn2C. The molecule has 1 aromatic carbocycles. The van der Waals surface area contributed by atoms with Crippen molar-refractivity contribution in [2.75, 3.05) is 13.7 Å². The van der Waals surface area contributed by atoms with Gasteiger partial charge < -0.3 is 10.5 Å². The number of nitrogens with two attached hydrogens (primary N) is 1. The second kappa shape index (κ2) is 3.94. The van der Waals surface area contributed by atoms with Crippen LogP contribution >= 0.6 is 0 Å². The fourth-order valence-corrected chi connectivity index (χ4v) is 1.67. The van der Waals surface area contributed by atoms with Crippen LogP contribution < -0.4 is 10.5 Å². The van der Waals surface area contributed by atoms with Gasteiger partial charge in [-0.2, -0.15) is 5.10 Å². The lowest BCUT2D eigenvalue weighted by molar-refractivity contribution is 0.0997. The van der Waals surface area contributed by atoms with Crippen molar-refractivity contribution in [2.45, 2.75) is 0 Å². The van der Waals surface area contributed by atoms with E-state index in [1.165, 1.54) is 0 Å². The minimum absolute atomic E-state index is 0.0384. The zero-order valence-corrected chi connectivity index (χ0v) is 9.23. The third-order valence-electron chi connectivity index (χ3n) is 2.51. The molecule has 5 heteroatoms. The summed E-state index contributed by atoms with van der Waals surface area (Å²) in [6.45, 7) is -0.0384. The maximum atomic E-state index is 11.6. The van der Waals surface area contributed by atoms with Crippen LogP contribution in [0.3, 0.4) is 0 Å². The van der Waals surface area contributed by atoms with E-state index in [0.717, 1.165) is 10.9 Å². The Morgan fingerprint density at radius 1 is 1.56 bits per heavy atom. The second-order valence-electron chi connectivity index (χ2n) is 3.48. The monoisotopic (exact) mass is 219 g/mol. The lowest BCUT2D eigenvalue weighted by Crippen LogP contribution is -2.14. The van der Waals surface area contributed by atoms with Gasteiger partial charge in [0.1, 0.15) is 11.4 Å². The van der Waals surface area contributed by atoms with Gasteiger partial charge in [-0.1, -0.05) is 0 Å². The molecule has 0 atom stereocenters. The van der Waals surface area contributed by atoms with E-state index in [1.807, 2.05) is 12.1 Å². The summed E-state index contributed by atoms with van der Waals surface area (Å²) in [7, 11) is 3.38. The second-order valence-corrected chi connectivity index (χ2v) is 3.48. The molecule has 0 saturated heterocycles. The van der Waals surface area contributed by atoms with Gasteiger partial charge in [-0.3, -0.25) is 9.48 Å². The standard InChI is InChI=1S/C11H13N3O2/c1-14-9-4-3-7(16-2)5-8(9)11(13-14)10(15)6-12/h3-5H,6,12H2,1-2H3. The normalized spacial score (nSPS) is 10.7. The molecule has 0 radical (unpaired) electrons. The van der Waals surface area contributed by atoms with Gasteiger partial charge in [0.25, 0.3) is 0 Å². The van der Waals surface area contributed by atoms with Gasteiger partial charge >= 0.3 is 0 Å². The third-order valence-corrected chi connectivity index (χ3v) is 2.51. The summed E-state index contributed by atoms with van der Waals surface area (Å²) in [6.07, 6.45) is 0. The third kappa shape index (κ3) is 1.55. The first-order valence-electron chi connectivity index (χ1n) is 4.91. The highest BCUT2D eigenvalue weighted by Crippen LogP contribution is 2.23. The lowest BCUT2D eigenvalue weighted by atomic mass is 10.1. The summed E-state index contributed by atoms with van der Waals surface area (Å²) in [6, 6.07) is 5.50. The van der Waals surface area contributed by atoms with Crippen LogP contribution in [0.4, 0.5) is 0 Å². The highest BCUT2D eigenvalue weighted by molar-refractivity contribution is 6.07. The van der Waals surface area contributed by atoms with Crippen molar-refractivity contribution in [2.24, 2.45) is 12.8 Å². The minimum atomic E-state index is -0.168. The van der Waals surface area contributed by atoms with Gasteiger partial charge in [0.15, 0.2) is 5.78 Å². The van der Waals surface area contributed by atoms with E-state index in [1.54, 1.807) is 24.9 Å². The summed E-state index contributed by atoms with van der Waals surface area (Å²) in [5.74, 6) is 0.533. The van der Waals surface area contributed by atoms with Crippen molar-refractivity contribution in [3.05, 3.63) is 23.9 Å². The van der Waals surface area contributed by atoms with E-state index >= 15 is 0 Å². The molecule has 2 N–H and O–H groups in total. The number of methoxy groups -OCH3 is 1. The molecule has 1 aromatic heterocycles. The summed E-state index contributed by atoms with van der Waals surface area (Å²) < 4.78 is 6.78. The Morgan fingerprint density at radius 3 is 2.94 bits per heavy atom. The largest absolute Gasteiger partial charge is 0.497 e. The van der Waals surface area contributed by atoms with Crippen LogP contribution in [0.15, 0.2) is 18.2 Å². The van der Waals surface area contributed by atoms with Gasteiger partial charge in [-0.05, 0) is 18.2 Å². The van der Waals surface area contributed by atoms with Crippen molar-refractivity contribution in [1.82, 2.24) is 9.78 Å². The smallest absolute Gasteiger partial charge is 0.197 e. The molecular formula is C11H13N3O2. The fraction of sp³-hybridized carbons (Fsp3) is 0.273. The number of hydrogen-bond acceptors (Lipinski definition) is 4. The van der Waals surface area contributed by atoms with Crippen molar-refractivity contribution < 1.29 is 9.53 Å². The molecule has 84 valence electrons. The highest BCUT2D eigenvalue weighted by atomic mass is 16.5. The number of hydrogen-bond donors (Lipinski definition) is 1. The van der Waals surface area contributed by atoms with E-state index in [-0.39, 0.29) is 12.3 Å². The first-order chi connectivity index (χ1) is 7.67. The van der Waals surface area contributed by atoms with Crippen molar-refractivity contribution >= 4 is 16.7 Å². The summed E-state index contributed by atoms with van der Waals surface area (Å²) in [5.41, 5.74) is 6.63. The topological polar surface area (TPSA) is 70.1 Å². The Balaban J connectivity index is 2.70. The number of carbonyl (C=O) groups excluding carboxylic acids is 1. The number of fused-ring (bicyclic) bond motifs is 1. The molecule has 0 aliphatic heterocycles. The molecule has 0 saturated carbocycles. The average molecular weight is 219 g/mol. The summed E-state index contributed by atoms with van der Waals surface area (Å²) in [5, 5.41) is 4.94. The van der Waals surface area contributed by atoms with Gasteiger partial charge in [0, 0.05) is 12.4 Å². The zero-order valence-electron chi connectivity index (χ0n) is 9.23. The number of rotatable bonds is 3. The molecule has 16 heavy (non-hydrogen) atoms. The number of Topliss-reactive ketones (excluding diaryl/α,β-unsaturated/α-hetero) is 1. The van der Waals surface area contributed by atoms with E-state index in [0.29, 0.717) is 11.4 Å². The van der Waals surface area contributed by atoms with Crippen molar-refractivity contribution in [1.29, 1.82) is 0 Å². The maximum Gasteiger partial charge on any atom is 0.197 e. The van der Waals surface area contributed by atoms with Crippen LogP contribution in [0.5, 0.6) is 5.75 Å². The van der Waals surface area contributed by atoms with E-state index in [9.17, 15) is 4.79 Å². The number of nitrogens with zero attached hydrogens (tertiary/aromatic N) is 2. The highest BCUT2D eigenvalue weighted by Gasteiger charge is 2.14. The molecule has 0 aliphatic carbocycles. The van der Waals surface area contributed by atoms with Crippen LogP contribution in [0.1, 0.15) is 10.5 Å². The molecule has 0 bridgehead atoms. The number of benzene rings is 1. The molecule has 2 aromatic rings. The number of ketones is 1. The van der Waals surface area contributed by atoms with E-state index in [4.69, 9.17) is 10.5 Å². The van der Waals surface area contributed by atoms with Crippen LogP contribution in [0, 0.1) is 0 Å². The van der Waals surface area contributed by atoms with E-state index in [2.05, 4.69) is 5.10 Å². The predicted molar refractivity (Wildman–Crippen MR) is 60.7 cm³/mol.